The summed E-state index contributed by atoms with van der Waals surface area (Å²) in [4.78, 5) is 18.3. The topological polar surface area (TPSA) is 146 Å². The quantitative estimate of drug-likeness (QED) is 0.277. The maximum Gasteiger partial charge on any atom is 0.224 e. The Morgan fingerprint density at radius 1 is 1.29 bits per heavy atom. The third kappa shape index (κ3) is 5.24. The Morgan fingerprint density at radius 3 is 2.71 bits per heavy atom. The fraction of sp³-hybridized carbons (Fsp3) is 0.583. The second-order valence-corrected chi connectivity index (χ2v) is 10.7. The van der Waals surface area contributed by atoms with Crippen molar-refractivity contribution in [2.45, 2.75) is 64.4 Å². The summed E-state index contributed by atoms with van der Waals surface area (Å²) in [6.07, 6.45) is 2.70. The van der Waals surface area contributed by atoms with Gasteiger partial charge < -0.3 is 30.7 Å². The molecule has 190 valence electrons. The third-order valence-electron chi connectivity index (χ3n) is 6.62. The Hall–Kier alpha value is -2.44. The van der Waals surface area contributed by atoms with E-state index in [1.165, 1.54) is 11.3 Å². The van der Waals surface area contributed by atoms with Crippen LogP contribution in [0, 0.1) is 12.8 Å². The van der Waals surface area contributed by atoms with Gasteiger partial charge in [-0.05, 0) is 47.1 Å². The van der Waals surface area contributed by atoms with Gasteiger partial charge in [0.2, 0.25) is 5.95 Å². The molecule has 10 nitrogen and oxygen atoms in total. The molecule has 0 amide bonds. The molecule has 0 radical (unpaired) electrons. The van der Waals surface area contributed by atoms with Gasteiger partial charge in [-0.3, -0.25) is 4.98 Å². The number of anilines is 2. The number of pyridine rings is 1. The van der Waals surface area contributed by atoms with Crippen molar-refractivity contribution in [1.29, 1.82) is 0 Å². The molecule has 4 rings (SSSR count). The van der Waals surface area contributed by atoms with E-state index < -0.39 is 29.3 Å². The van der Waals surface area contributed by atoms with Gasteiger partial charge in [0.1, 0.15) is 21.9 Å². The SMILES string of the molecule is CCOCCNc1nc(C)c(-c2nc3cnccc3s2)c(N[C@@H]2C[C@H](C(C)(C)O)[C@@H](O)[C@@]2(C)O)n1. The lowest BCUT2D eigenvalue weighted by Gasteiger charge is -2.32. The number of aryl methyl sites for hydroxylation is 1. The van der Waals surface area contributed by atoms with E-state index in [4.69, 9.17) is 14.7 Å². The van der Waals surface area contributed by atoms with Crippen LogP contribution >= 0.6 is 11.3 Å². The molecule has 3 aromatic rings. The van der Waals surface area contributed by atoms with Crippen LogP contribution in [0.25, 0.3) is 20.8 Å². The lowest BCUT2D eigenvalue weighted by Crippen LogP contribution is -2.49. The zero-order valence-electron chi connectivity index (χ0n) is 20.7. The maximum atomic E-state index is 11.2. The Morgan fingerprint density at radius 2 is 2.06 bits per heavy atom. The van der Waals surface area contributed by atoms with Crippen molar-refractivity contribution in [3.63, 3.8) is 0 Å². The first-order valence-electron chi connectivity index (χ1n) is 11.8. The molecule has 0 aromatic carbocycles. The van der Waals surface area contributed by atoms with Crippen molar-refractivity contribution in [1.82, 2.24) is 19.9 Å². The fourth-order valence-electron chi connectivity index (χ4n) is 4.56. The van der Waals surface area contributed by atoms with Gasteiger partial charge in [0, 0.05) is 25.3 Å². The minimum Gasteiger partial charge on any atom is -0.390 e. The average Bonchev–Trinajstić information content (AvgIpc) is 3.30. The van der Waals surface area contributed by atoms with Crippen LogP contribution in [-0.2, 0) is 4.74 Å². The number of fused-ring (bicyclic) bond motifs is 1. The highest BCUT2D eigenvalue weighted by Gasteiger charge is 2.55. The van der Waals surface area contributed by atoms with Gasteiger partial charge >= 0.3 is 0 Å². The summed E-state index contributed by atoms with van der Waals surface area (Å²) >= 11 is 1.51. The molecule has 0 aliphatic heterocycles. The lowest BCUT2D eigenvalue weighted by atomic mass is 9.86. The van der Waals surface area contributed by atoms with Gasteiger partial charge in [-0.15, -0.1) is 11.3 Å². The molecule has 0 unspecified atom stereocenters. The zero-order chi connectivity index (χ0) is 25.4. The molecule has 11 heteroatoms. The molecule has 5 N–H and O–H groups in total. The first-order valence-corrected chi connectivity index (χ1v) is 12.6. The second-order valence-electron chi connectivity index (χ2n) is 9.71. The van der Waals surface area contributed by atoms with Gasteiger partial charge in [-0.2, -0.15) is 4.98 Å². The highest BCUT2D eigenvalue weighted by atomic mass is 32.1. The van der Waals surface area contributed by atoms with E-state index in [1.807, 2.05) is 19.9 Å². The van der Waals surface area contributed by atoms with Crippen LogP contribution in [0.15, 0.2) is 18.5 Å². The normalized spacial score (nSPS) is 24.7. The van der Waals surface area contributed by atoms with Crippen molar-refractivity contribution in [2.24, 2.45) is 5.92 Å². The van der Waals surface area contributed by atoms with E-state index >= 15 is 0 Å². The third-order valence-corrected chi connectivity index (χ3v) is 7.67. The number of thiazole rings is 1. The number of hydrogen-bond donors (Lipinski definition) is 5. The van der Waals surface area contributed by atoms with Crippen molar-refractivity contribution in [3.8, 4) is 10.6 Å². The summed E-state index contributed by atoms with van der Waals surface area (Å²) < 4.78 is 6.39. The van der Waals surface area contributed by atoms with Gasteiger partial charge in [0.15, 0.2) is 0 Å². The molecule has 1 aliphatic rings. The monoisotopic (exact) mass is 502 g/mol. The molecular formula is C24H34N6O4S. The molecule has 1 fully saturated rings. The van der Waals surface area contributed by atoms with Crippen LogP contribution in [0.1, 0.15) is 39.8 Å². The average molecular weight is 503 g/mol. The summed E-state index contributed by atoms with van der Waals surface area (Å²) in [5.41, 5.74) is -0.428. The smallest absolute Gasteiger partial charge is 0.224 e. The number of aromatic nitrogens is 4. The standard InChI is InChI=1S/C24H34N6O4S/c1-6-34-10-9-26-22-27-13(2)18(21-28-15-12-25-8-7-16(15)35-21)20(30-22)29-17-11-14(23(3,4)32)19(31)24(17,5)33/h7-8,12,14,17,19,31-33H,6,9-11H2,1-5H3,(H2,26,27,29,30)/t14-,17+,19+,24-/m0/s1. The van der Waals surface area contributed by atoms with Gasteiger partial charge in [-0.1, -0.05) is 0 Å². The summed E-state index contributed by atoms with van der Waals surface area (Å²) in [5.74, 6) is 0.407. The molecule has 0 spiro atoms. The summed E-state index contributed by atoms with van der Waals surface area (Å²) in [5, 5.41) is 39.9. The van der Waals surface area contributed by atoms with Crippen molar-refractivity contribution >= 4 is 33.3 Å². The number of nitrogens with zero attached hydrogens (tertiary/aromatic N) is 4. The molecular weight excluding hydrogens is 468 g/mol. The predicted octanol–water partition coefficient (Wildman–Crippen LogP) is 2.59. The van der Waals surface area contributed by atoms with Crippen molar-refractivity contribution in [2.75, 3.05) is 30.4 Å². The largest absolute Gasteiger partial charge is 0.390 e. The fourth-order valence-corrected chi connectivity index (χ4v) is 5.59. The van der Waals surface area contributed by atoms with Crippen LogP contribution in [-0.4, -0.2) is 78.4 Å². The zero-order valence-corrected chi connectivity index (χ0v) is 21.6. The van der Waals surface area contributed by atoms with Gasteiger partial charge in [-0.25, -0.2) is 9.97 Å². The number of nitrogens with one attached hydrogen (secondary N) is 2. The molecule has 35 heavy (non-hydrogen) atoms. The second kappa shape index (κ2) is 9.90. The van der Waals surface area contributed by atoms with E-state index in [2.05, 4.69) is 20.6 Å². The highest BCUT2D eigenvalue weighted by Crippen LogP contribution is 2.43. The van der Waals surface area contributed by atoms with Crippen LogP contribution in [0.3, 0.4) is 0 Å². The molecule has 3 aromatic heterocycles. The molecule has 0 saturated heterocycles. The van der Waals surface area contributed by atoms with Crippen LogP contribution in [0.2, 0.25) is 0 Å². The predicted molar refractivity (Wildman–Crippen MR) is 137 cm³/mol. The highest BCUT2D eigenvalue weighted by molar-refractivity contribution is 7.21. The first-order chi connectivity index (χ1) is 16.5. The Kier molecular flexibility index (Phi) is 7.26. The minimum absolute atomic E-state index is 0.358. The number of aliphatic hydroxyl groups is 3. The Balaban J connectivity index is 1.73. The van der Waals surface area contributed by atoms with Crippen molar-refractivity contribution < 1.29 is 20.1 Å². The summed E-state index contributed by atoms with van der Waals surface area (Å²) in [6.45, 7) is 10.4. The first kappa shape index (κ1) is 25.6. The molecule has 1 saturated carbocycles. The minimum atomic E-state index is -1.49. The van der Waals surface area contributed by atoms with E-state index in [9.17, 15) is 15.3 Å². The maximum absolute atomic E-state index is 11.2. The van der Waals surface area contributed by atoms with Gasteiger partial charge in [0.25, 0.3) is 0 Å². The molecule has 4 atom stereocenters. The summed E-state index contributed by atoms with van der Waals surface area (Å²) in [6, 6.07) is 1.35. The van der Waals surface area contributed by atoms with E-state index in [-0.39, 0.29) is 0 Å². The van der Waals surface area contributed by atoms with E-state index in [1.54, 1.807) is 33.2 Å². The van der Waals surface area contributed by atoms with E-state index in [0.29, 0.717) is 43.6 Å². The Bertz CT molecular complexity index is 1150. The van der Waals surface area contributed by atoms with Crippen molar-refractivity contribution in [3.05, 3.63) is 24.2 Å². The number of ether oxygens (including phenoxy) is 1. The Labute approximate surface area is 208 Å². The number of rotatable bonds is 9. The van der Waals surface area contributed by atoms with Crippen LogP contribution in [0.5, 0.6) is 0 Å². The molecule has 3 heterocycles. The summed E-state index contributed by atoms with van der Waals surface area (Å²) in [7, 11) is 0. The van der Waals surface area contributed by atoms with Crippen LogP contribution in [0.4, 0.5) is 11.8 Å². The molecule has 0 bridgehead atoms. The number of aliphatic hydroxyl groups excluding tert-OH is 1. The van der Waals surface area contributed by atoms with Gasteiger partial charge in [0.05, 0.1) is 46.5 Å². The molecule has 1 aliphatic carbocycles. The lowest BCUT2D eigenvalue weighted by molar-refractivity contribution is -0.0984. The van der Waals surface area contributed by atoms with Crippen LogP contribution < -0.4 is 10.6 Å². The van der Waals surface area contributed by atoms with E-state index in [0.717, 1.165) is 20.8 Å². The number of hydrogen-bond acceptors (Lipinski definition) is 11.